The van der Waals surface area contributed by atoms with Gasteiger partial charge in [0.2, 0.25) is 0 Å². The van der Waals surface area contributed by atoms with Crippen LogP contribution in [-0.2, 0) is 0 Å². The molecule has 0 fully saturated rings. The van der Waals surface area contributed by atoms with Crippen molar-refractivity contribution in [1.82, 2.24) is 0 Å². The van der Waals surface area contributed by atoms with E-state index in [1.165, 1.54) is 6.92 Å². The summed E-state index contributed by atoms with van der Waals surface area (Å²) >= 11 is 0. The molecule has 2 atom stereocenters. The molecular weight excluding hydrogens is 150 g/mol. The highest BCUT2D eigenvalue weighted by Crippen LogP contribution is 2.17. The van der Waals surface area contributed by atoms with E-state index in [9.17, 15) is 8.78 Å². The van der Waals surface area contributed by atoms with Crippen molar-refractivity contribution in [2.45, 2.75) is 32.6 Å². The average Bonchev–Trinajstić information content (AvgIpc) is 1.98. The van der Waals surface area contributed by atoms with Crippen molar-refractivity contribution in [3.05, 3.63) is 11.8 Å². The summed E-state index contributed by atoms with van der Waals surface area (Å²) in [5, 5.41) is 2.83. The zero-order chi connectivity index (χ0) is 8.85. The molecule has 64 valence electrons. The molecule has 0 rings (SSSR count). The second-order valence-corrected chi connectivity index (χ2v) is 2.25. The fourth-order valence-corrected chi connectivity index (χ4v) is 0.743. The van der Waals surface area contributed by atoms with E-state index in [2.05, 4.69) is 5.11 Å². The molecule has 0 aliphatic carbocycles. The zero-order valence-corrected chi connectivity index (χ0v) is 6.64. The van der Waals surface area contributed by atoms with Gasteiger partial charge in [-0.15, -0.1) is 0 Å². The zero-order valence-electron chi connectivity index (χ0n) is 6.64. The van der Waals surface area contributed by atoms with Crippen LogP contribution < -0.4 is 0 Å². The Morgan fingerprint density at radius 1 is 1.64 bits per heavy atom. The van der Waals surface area contributed by atoms with Gasteiger partial charge in [0.25, 0.3) is 0 Å². The van der Waals surface area contributed by atoms with Crippen LogP contribution in [0.4, 0.5) is 8.78 Å². The lowest BCUT2D eigenvalue weighted by molar-refractivity contribution is 0.306. The molecule has 0 amide bonds. The molecule has 0 saturated carbocycles. The predicted molar refractivity (Wildman–Crippen MR) is 39.0 cm³/mol. The minimum atomic E-state index is -1.36. The third-order valence-electron chi connectivity index (χ3n) is 1.39. The van der Waals surface area contributed by atoms with Gasteiger partial charge >= 0.3 is 0 Å². The van der Waals surface area contributed by atoms with Gasteiger partial charge < -0.3 is 0 Å². The van der Waals surface area contributed by atoms with Crippen molar-refractivity contribution in [3.8, 4) is 0 Å². The van der Waals surface area contributed by atoms with Crippen LogP contribution in [0.15, 0.2) is 16.9 Å². The molecule has 0 aromatic rings. The first-order valence-electron chi connectivity index (χ1n) is 3.48. The van der Waals surface area contributed by atoms with E-state index in [-0.39, 0.29) is 12.0 Å². The Hall–Kier alpha value is -0.800. The van der Waals surface area contributed by atoms with Gasteiger partial charge in [-0.3, -0.25) is 0 Å². The van der Waals surface area contributed by atoms with Crippen LogP contribution in [-0.4, -0.2) is 12.3 Å². The Balaban J connectivity index is 4.33. The second-order valence-electron chi connectivity index (χ2n) is 2.25. The van der Waals surface area contributed by atoms with Gasteiger partial charge in [-0.25, -0.2) is 14.3 Å². The third kappa shape index (κ3) is 3.20. The van der Waals surface area contributed by atoms with E-state index in [0.29, 0.717) is 0 Å². The average molecular weight is 162 g/mol. The summed E-state index contributed by atoms with van der Waals surface area (Å²) < 4.78 is 25.3. The monoisotopic (exact) mass is 162 g/mol. The highest BCUT2D eigenvalue weighted by Gasteiger charge is 2.16. The Labute approximate surface area is 64.8 Å². The molecule has 11 heavy (non-hydrogen) atoms. The van der Waals surface area contributed by atoms with Gasteiger partial charge in [0.05, 0.1) is 6.20 Å². The molecule has 0 radical (unpaired) electrons. The van der Waals surface area contributed by atoms with E-state index in [1.807, 2.05) is 0 Å². The molecule has 0 heterocycles. The van der Waals surface area contributed by atoms with Crippen molar-refractivity contribution >= 4 is 0 Å². The number of rotatable bonds is 4. The first-order valence-corrected chi connectivity index (χ1v) is 3.48. The highest BCUT2D eigenvalue weighted by molar-refractivity contribution is 5.11. The van der Waals surface area contributed by atoms with Crippen molar-refractivity contribution in [2.75, 3.05) is 0 Å². The fourth-order valence-electron chi connectivity index (χ4n) is 0.743. The first kappa shape index (κ1) is 10.2. The minimum Gasteiger partial charge on any atom is -0.243 e. The minimum absolute atomic E-state index is 0.0532. The maximum Gasteiger partial charge on any atom is 0.126 e. The Bertz CT molecular complexity index is 155. The van der Waals surface area contributed by atoms with Gasteiger partial charge in [0.15, 0.2) is 0 Å². The van der Waals surface area contributed by atoms with Crippen molar-refractivity contribution < 1.29 is 8.78 Å². The summed E-state index contributed by atoms with van der Waals surface area (Å²) in [5.74, 6) is 0. The van der Waals surface area contributed by atoms with Crippen LogP contribution >= 0.6 is 0 Å². The number of nitrogens with one attached hydrogen (secondary N) is 1. The van der Waals surface area contributed by atoms with Gasteiger partial charge in [0, 0.05) is 5.57 Å². The number of halogens is 2. The molecule has 2 nitrogen and oxygen atoms in total. The summed E-state index contributed by atoms with van der Waals surface area (Å²) in [6.07, 6.45) is -1.53. The summed E-state index contributed by atoms with van der Waals surface area (Å²) in [6, 6.07) is 0. The molecule has 1 N–H and O–H groups in total. The molecule has 0 aromatic heterocycles. The summed E-state index contributed by atoms with van der Waals surface area (Å²) in [7, 11) is 0. The Morgan fingerprint density at radius 3 is 2.45 bits per heavy atom. The number of hydrogen-bond donors (Lipinski definition) is 1. The van der Waals surface area contributed by atoms with Crippen LogP contribution in [0.3, 0.4) is 0 Å². The molecule has 0 aromatic carbocycles. The molecule has 2 unspecified atom stereocenters. The van der Waals surface area contributed by atoms with E-state index in [4.69, 9.17) is 5.53 Å². The largest absolute Gasteiger partial charge is 0.243 e. The normalized spacial score (nSPS) is 17.6. The molecular formula is C7H12F2N2. The van der Waals surface area contributed by atoms with Gasteiger partial charge in [-0.05, 0) is 13.3 Å². The van der Waals surface area contributed by atoms with Crippen molar-refractivity contribution in [1.29, 1.82) is 5.53 Å². The molecule has 4 heteroatoms. The maximum atomic E-state index is 12.8. The number of nitrogens with zero attached hydrogens (tertiary/aromatic N) is 1. The lowest BCUT2D eigenvalue weighted by atomic mass is 10.1. The molecule has 0 aliphatic heterocycles. The molecule has 0 aliphatic rings. The number of hydrogen-bond acceptors (Lipinski definition) is 2. The lowest BCUT2D eigenvalue weighted by Crippen LogP contribution is -2.11. The molecule has 0 bridgehead atoms. The molecule has 0 spiro atoms. The van der Waals surface area contributed by atoms with E-state index in [1.54, 1.807) is 6.92 Å². The predicted octanol–water partition coefficient (Wildman–Crippen LogP) is 3.01. The van der Waals surface area contributed by atoms with Crippen LogP contribution in [0, 0.1) is 5.53 Å². The quantitative estimate of drug-likeness (QED) is 0.617. The summed E-state index contributed by atoms with van der Waals surface area (Å²) in [4.78, 5) is 0. The Kier molecular flexibility index (Phi) is 4.57. The van der Waals surface area contributed by atoms with Crippen LogP contribution in [0.5, 0.6) is 0 Å². The van der Waals surface area contributed by atoms with Crippen molar-refractivity contribution in [3.63, 3.8) is 0 Å². The second kappa shape index (κ2) is 4.93. The van der Waals surface area contributed by atoms with Crippen molar-refractivity contribution in [2.24, 2.45) is 5.11 Å². The van der Waals surface area contributed by atoms with E-state index in [0.717, 1.165) is 6.20 Å². The van der Waals surface area contributed by atoms with Gasteiger partial charge in [-0.1, -0.05) is 6.92 Å². The summed E-state index contributed by atoms with van der Waals surface area (Å²) in [6.45, 7) is 2.85. The number of allylic oxidation sites excluding steroid dienone is 1. The SMILES string of the molecule is CCC(F)/C(=C\N=N)C(C)F. The van der Waals surface area contributed by atoms with Crippen LogP contribution in [0.1, 0.15) is 20.3 Å². The summed E-state index contributed by atoms with van der Waals surface area (Å²) in [5.41, 5.74) is 6.36. The Morgan fingerprint density at radius 2 is 2.18 bits per heavy atom. The van der Waals surface area contributed by atoms with E-state index < -0.39 is 12.3 Å². The number of alkyl halides is 2. The molecule has 0 saturated heterocycles. The first-order chi connectivity index (χ1) is 5.13. The van der Waals surface area contributed by atoms with Gasteiger partial charge in [-0.2, -0.15) is 5.11 Å². The van der Waals surface area contributed by atoms with Crippen LogP contribution in [0.25, 0.3) is 0 Å². The standard InChI is InChI=1S/C7H12F2N2/c1-3-7(9)6(4-11-10)5(2)8/h4-5,7,10H,3H2,1-2H3/b6-4-,11-10?. The maximum absolute atomic E-state index is 12.8. The highest BCUT2D eigenvalue weighted by atomic mass is 19.1. The third-order valence-corrected chi connectivity index (χ3v) is 1.39. The van der Waals surface area contributed by atoms with Gasteiger partial charge in [0.1, 0.15) is 12.3 Å². The topological polar surface area (TPSA) is 36.2 Å². The smallest absolute Gasteiger partial charge is 0.126 e. The fraction of sp³-hybridized carbons (Fsp3) is 0.714. The van der Waals surface area contributed by atoms with E-state index >= 15 is 0 Å². The van der Waals surface area contributed by atoms with Crippen LogP contribution in [0.2, 0.25) is 0 Å². The lowest BCUT2D eigenvalue weighted by Gasteiger charge is -2.09.